The zero-order chi connectivity index (χ0) is 38.9. The van der Waals surface area contributed by atoms with Crippen molar-refractivity contribution in [3.8, 4) is 33.4 Å². The van der Waals surface area contributed by atoms with Crippen molar-refractivity contribution in [3.63, 3.8) is 0 Å². The molecule has 3 heterocycles. The lowest BCUT2D eigenvalue weighted by atomic mass is 9.68. The van der Waals surface area contributed by atoms with E-state index in [9.17, 15) is 0 Å². The second kappa shape index (κ2) is 11.8. The zero-order valence-electron chi connectivity index (χ0n) is 33.1. The van der Waals surface area contributed by atoms with Crippen molar-refractivity contribution >= 4 is 65.6 Å². The molecule has 0 aliphatic carbocycles. The van der Waals surface area contributed by atoms with Gasteiger partial charge in [-0.3, -0.25) is 0 Å². The fourth-order valence-electron chi connectivity index (χ4n) is 10.3. The highest BCUT2D eigenvalue weighted by Gasteiger charge is 2.42. The smallest absolute Gasteiger partial charge is 0.143 e. The summed E-state index contributed by atoms with van der Waals surface area (Å²) in [6, 6.07) is 60.4. The largest absolute Gasteiger partial charge is 0.455 e. The maximum absolute atomic E-state index is 6.70. The SMILES string of the molecule is CC1(C)C=CN2c3ccccc3C(C)(C)c3ccc(-c4ccc(-c5cccc6c5oc5ccc(-c7ccc8c9ccccc9c9ccccc9c8c7)cc56)cc4)c1c32. The average Bonchev–Trinajstić information content (AvgIpc) is 3.64. The van der Waals surface area contributed by atoms with Gasteiger partial charge >= 0.3 is 0 Å². The van der Waals surface area contributed by atoms with Crippen molar-refractivity contribution in [2.75, 3.05) is 4.90 Å². The normalized spacial score (nSPS) is 15.1. The van der Waals surface area contributed by atoms with Gasteiger partial charge in [0.05, 0.1) is 5.69 Å². The fourth-order valence-corrected chi connectivity index (χ4v) is 10.3. The van der Waals surface area contributed by atoms with Gasteiger partial charge in [0.25, 0.3) is 0 Å². The predicted molar refractivity (Wildman–Crippen MR) is 245 cm³/mol. The van der Waals surface area contributed by atoms with Gasteiger partial charge in [-0.2, -0.15) is 0 Å². The Kier molecular flexibility index (Phi) is 6.78. The van der Waals surface area contributed by atoms with Gasteiger partial charge < -0.3 is 9.32 Å². The summed E-state index contributed by atoms with van der Waals surface area (Å²) in [4.78, 5) is 2.42. The highest BCUT2D eigenvalue weighted by Crippen LogP contribution is 2.56. The van der Waals surface area contributed by atoms with Crippen LogP contribution in [0, 0.1) is 0 Å². The van der Waals surface area contributed by atoms with E-state index in [0.29, 0.717) is 0 Å². The summed E-state index contributed by atoms with van der Waals surface area (Å²) in [7, 11) is 0. The Labute approximate surface area is 338 Å². The van der Waals surface area contributed by atoms with Gasteiger partial charge in [0.15, 0.2) is 0 Å². The number of hydrogen-bond acceptors (Lipinski definition) is 2. The van der Waals surface area contributed by atoms with Crippen molar-refractivity contribution in [1.29, 1.82) is 0 Å². The average molecular weight is 744 g/mol. The fraction of sp³-hybridized carbons (Fsp3) is 0.107. The Hall–Kier alpha value is -6.90. The number of para-hydroxylation sites is 2. The first-order chi connectivity index (χ1) is 28.3. The van der Waals surface area contributed by atoms with Crippen LogP contribution in [-0.2, 0) is 10.8 Å². The predicted octanol–water partition coefficient (Wildman–Crippen LogP) is 15.6. The summed E-state index contributed by atoms with van der Waals surface area (Å²) in [6.07, 6.45) is 4.65. The summed E-state index contributed by atoms with van der Waals surface area (Å²) in [6.45, 7) is 9.42. The molecule has 0 atom stereocenters. The molecule has 12 rings (SSSR count). The van der Waals surface area contributed by atoms with Crippen molar-refractivity contribution in [2.45, 2.75) is 38.5 Å². The summed E-state index contributed by atoms with van der Waals surface area (Å²) >= 11 is 0. The minimum Gasteiger partial charge on any atom is -0.455 e. The Morgan fingerprint density at radius 1 is 0.431 bits per heavy atom. The third-order valence-corrected chi connectivity index (χ3v) is 13.3. The van der Waals surface area contributed by atoms with Crippen LogP contribution in [0.25, 0.3) is 87.6 Å². The van der Waals surface area contributed by atoms with Gasteiger partial charge in [-0.1, -0.05) is 173 Å². The van der Waals surface area contributed by atoms with Crippen LogP contribution in [0.1, 0.15) is 44.4 Å². The molecule has 0 N–H and O–H groups in total. The van der Waals surface area contributed by atoms with Crippen LogP contribution in [0.15, 0.2) is 180 Å². The van der Waals surface area contributed by atoms with E-state index in [2.05, 4.69) is 209 Å². The standard InChI is InChI=1S/C56H41NO/c1-55(2)30-31-57-50-19-10-9-18-48(50)56(3,4)49-28-27-38(52(55)53(49)57)34-20-22-35(23-21-34)39-16-11-17-45-47-33-37(25-29-51(47)58-54(39)45)36-24-26-44-42-14-6-5-12-40(42)41-13-7-8-15-43(41)46(44)32-36/h5-33H,1-4H3. The van der Waals surface area contributed by atoms with E-state index in [1.165, 1.54) is 82.6 Å². The van der Waals surface area contributed by atoms with E-state index in [4.69, 9.17) is 4.42 Å². The molecule has 9 aromatic carbocycles. The van der Waals surface area contributed by atoms with Crippen LogP contribution >= 0.6 is 0 Å². The van der Waals surface area contributed by atoms with Crippen LogP contribution in [0.2, 0.25) is 0 Å². The summed E-state index contributed by atoms with van der Waals surface area (Å²) < 4.78 is 6.70. The molecule has 0 bridgehead atoms. The number of hydrogen-bond donors (Lipinski definition) is 0. The van der Waals surface area contributed by atoms with E-state index in [0.717, 1.165) is 33.1 Å². The molecular formula is C56H41NO. The number of allylic oxidation sites excluding steroid dienone is 1. The first kappa shape index (κ1) is 33.3. The van der Waals surface area contributed by atoms with Crippen molar-refractivity contribution in [1.82, 2.24) is 0 Å². The van der Waals surface area contributed by atoms with E-state index in [1.807, 2.05) is 0 Å². The molecule has 2 aliphatic rings. The van der Waals surface area contributed by atoms with Crippen LogP contribution in [-0.4, -0.2) is 0 Å². The monoisotopic (exact) mass is 743 g/mol. The molecule has 10 aromatic rings. The van der Waals surface area contributed by atoms with Crippen LogP contribution in [0.5, 0.6) is 0 Å². The molecule has 2 aliphatic heterocycles. The topological polar surface area (TPSA) is 16.4 Å². The second-order valence-corrected chi connectivity index (χ2v) is 17.4. The molecular weight excluding hydrogens is 703 g/mol. The Morgan fingerprint density at radius 2 is 1.00 bits per heavy atom. The molecule has 0 radical (unpaired) electrons. The molecule has 0 unspecified atom stereocenters. The first-order valence-corrected chi connectivity index (χ1v) is 20.4. The van der Waals surface area contributed by atoms with Gasteiger partial charge in [-0.25, -0.2) is 0 Å². The molecule has 0 spiro atoms. The zero-order valence-corrected chi connectivity index (χ0v) is 33.1. The highest BCUT2D eigenvalue weighted by atomic mass is 16.3. The third-order valence-electron chi connectivity index (χ3n) is 13.3. The van der Waals surface area contributed by atoms with Crippen LogP contribution in [0.3, 0.4) is 0 Å². The van der Waals surface area contributed by atoms with E-state index >= 15 is 0 Å². The number of fused-ring (bicyclic) bond motifs is 11. The van der Waals surface area contributed by atoms with Crippen LogP contribution < -0.4 is 4.90 Å². The number of nitrogens with zero attached hydrogens (tertiary/aromatic N) is 1. The van der Waals surface area contributed by atoms with E-state index in [-0.39, 0.29) is 10.8 Å². The maximum atomic E-state index is 6.70. The van der Waals surface area contributed by atoms with Gasteiger partial charge in [-0.05, 0) is 101 Å². The van der Waals surface area contributed by atoms with Gasteiger partial charge in [0, 0.05) is 39.1 Å². The molecule has 0 fully saturated rings. The van der Waals surface area contributed by atoms with Crippen molar-refractivity contribution < 1.29 is 4.42 Å². The molecule has 0 saturated heterocycles. The van der Waals surface area contributed by atoms with Gasteiger partial charge in [0.1, 0.15) is 11.2 Å². The van der Waals surface area contributed by atoms with Crippen molar-refractivity contribution in [3.05, 3.63) is 193 Å². The lowest BCUT2D eigenvalue weighted by Crippen LogP contribution is -2.35. The Morgan fingerprint density at radius 3 is 1.72 bits per heavy atom. The molecule has 2 nitrogen and oxygen atoms in total. The minimum atomic E-state index is -0.133. The number of furan rings is 1. The molecule has 1 aromatic heterocycles. The molecule has 2 heteroatoms. The minimum absolute atomic E-state index is 0.105. The van der Waals surface area contributed by atoms with Crippen LogP contribution in [0.4, 0.5) is 11.4 Å². The number of anilines is 2. The summed E-state index contributed by atoms with van der Waals surface area (Å²) in [5, 5.41) is 9.99. The maximum Gasteiger partial charge on any atom is 0.143 e. The molecule has 58 heavy (non-hydrogen) atoms. The number of benzene rings is 9. The molecule has 0 amide bonds. The lowest BCUT2D eigenvalue weighted by molar-refractivity contribution is 0.609. The quantitative estimate of drug-likeness (QED) is 0.168. The van der Waals surface area contributed by atoms with Gasteiger partial charge in [-0.15, -0.1) is 0 Å². The third kappa shape index (κ3) is 4.60. The van der Waals surface area contributed by atoms with Gasteiger partial charge in [0.2, 0.25) is 0 Å². The second-order valence-electron chi connectivity index (χ2n) is 17.4. The molecule has 0 saturated carbocycles. The summed E-state index contributed by atoms with van der Waals surface area (Å²) in [5.41, 5.74) is 15.4. The molecule has 276 valence electrons. The van der Waals surface area contributed by atoms with E-state index in [1.54, 1.807) is 0 Å². The first-order valence-electron chi connectivity index (χ1n) is 20.4. The van der Waals surface area contributed by atoms with E-state index < -0.39 is 0 Å². The summed E-state index contributed by atoms with van der Waals surface area (Å²) in [5.74, 6) is 0. The lowest BCUT2D eigenvalue weighted by Gasteiger charge is -2.46. The highest BCUT2D eigenvalue weighted by molar-refractivity contribution is 6.25. The Bertz CT molecular complexity index is 3360. The Balaban J connectivity index is 0.944. The van der Waals surface area contributed by atoms with Crippen molar-refractivity contribution in [2.24, 2.45) is 0 Å². The number of rotatable bonds is 3.